The minimum atomic E-state index is 0.0434. The van der Waals surface area contributed by atoms with E-state index in [-0.39, 0.29) is 12.5 Å². The normalized spacial score (nSPS) is 15.0. The molecule has 0 aromatic heterocycles. The van der Waals surface area contributed by atoms with Gasteiger partial charge < -0.3 is 20.1 Å². The molecule has 0 bridgehead atoms. The van der Waals surface area contributed by atoms with Crippen molar-refractivity contribution < 1.29 is 14.3 Å². The van der Waals surface area contributed by atoms with Crippen molar-refractivity contribution in [3.63, 3.8) is 0 Å². The number of carbonyl (C=O) groups excluding carboxylic acids is 1. The molecule has 1 amide bonds. The molecule has 1 heterocycles. The monoisotopic (exact) mass is 278 g/mol. The summed E-state index contributed by atoms with van der Waals surface area (Å²) < 4.78 is 10.8. The van der Waals surface area contributed by atoms with Gasteiger partial charge in [-0.3, -0.25) is 4.79 Å². The van der Waals surface area contributed by atoms with Gasteiger partial charge in [0.05, 0.1) is 7.11 Å². The van der Waals surface area contributed by atoms with E-state index in [1.54, 1.807) is 13.2 Å². The SMILES string of the molecule is COc1cc(CN)cc(OCC(=O)N2CCCCC2)c1. The summed E-state index contributed by atoms with van der Waals surface area (Å²) >= 11 is 0. The van der Waals surface area contributed by atoms with E-state index >= 15 is 0 Å². The standard InChI is InChI=1S/C15H22N2O3/c1-19-13-7-12(10-16)8-14(9-13)20-11-15(18)17-5-3-2-4-6-17/h7-9H,2-6,10-11,16H2,1H3. The van der Waals surface area contributed by atoms with E-state index in [0.29, 0.717) is 18.0 Å². The molecule has 0 atom stereocenters. The third kappa shape index (κ3) is 3.87. The van der Waals surface area contributed by atoms with Crippen LogP contribution in [-0.4, -0.2) is 37.6 Å². The maximum absolute atomic E-state index is 12.0. The van der Waals surface area contributed by atoms with Crippen LogP contribution in [0.5, 0.6) is 11.5 Å². The van der Waals surface area contributed by atoms with Gasteiger partial charge >= 0.3 is 0 Å². The first-order chi connectivity index (χ1) is 9.72. The highest BCUT2D eigenvalue weighted by molar-refractivity contribution is 5.77. The Hall–Kier alpha value is -1.75. The first-order valence-corrected chi connectivity index (χ1v) is 7.01. The lowest BCUT2D eigenvalue weighted by Crippen LogP contribution is -2.38. The van der Waals surface area contributed by atoms with Gasteiger partial charge in [0.15, 0.2) is 6.61 Å². The van der Waals surface area contributed by atoms with Crippen LogP contribution < -0.4 is 15.2 Å². The first kappa shape index (κ1) is 14.7. The second kappa shape index (κ2) is 7.14. The molecule has 1 aromatic carbocycles. The minimum Gasteiger partial charge on any atom is -0.497 e. The maximum Gasteiger partial charge on any atom is 0.260 e. The number of hydrogen-bond acceptors (Lipinski definition) is 4. The molecule has 110 valence electrons. The van der Waals surface area contributed by atoms with Crippen molar-refractivity contribution in [3.05, 3.63) is 23.8 Å². The zero-order valence-electron chi connectivity index (χ0n) is 11.9. The molecule has 1 aromatic rings. The zero-order chi connectivity index (χ0) is 14.4. The van der Waals surface area contributed by atoms with E-state index < -0.39 is 0 Å². The number of ether oxygens (including phenoxy) is 2. The van der Waals surface area contributed by atoms with E-state index in [0.717, 1.165) is 31.5 Å². The smallest absolute Gasteiger partial charge is 0.260 e. The summed E-state index contributed by atoms with van der Waals surface area (Å²) in [6.07, 6.45) is 3.38. The fourth-order valence-electron chi connectivity index (χ4n) is 2.33. The summed E-state index contributed by atoms with van der Waals surface area (Å²) in [6.45, 7) is 2.16. The highest BCUT2D eigenvalue weighted by Crippen LogP contribution is 2.22. The van der Waals surface area contributed by atoms with E-state index in [9.17, 15) is 4.79 Å². The van der Waals surface area contributed by atoms with Crippen LogP contribution in [0.3, 0.4) is 0 Å². The number of nitrogens with two attached hydrogens (primary N) is 1. The molecular weight excluding hydrogens is 256 g/mol. The zero-order valence-corrected chi connectivity index (χ0v) is 11.9. The average molecular weight is 278 g/mol. The fourth-order valence-corrected chi connectivity index (χ4v) is 2.33. The Kier molecular flexibility index (Phi) is 5.24. The summed E-state index contributed by atoms with van der Waals surface area (Å²) in [4.78, 5) is 13.9. The molecule has 1 aliphatic rings. The summed E-state index contributed by atoms with van der Waals surface area (Å²) in [5.41, 5.74) is 6.55. The summed E-state index contributed by atoms with van der Waals surface area (Å²) in [5.74, 6) is 1.35. The second-order valence-corrected chi connectivity index (χ2v) is 4.95. The molecule has 1 fully saturated rings. The van der Waals surface area contributed by atoms with E-state index in [1.165, 1.54) is 6.42 Å². The minimum absolute atomic E-state index is 0.0434. The van der Waals surface area contributed by atoms with Gasteiger partial charge in [-0.1, -0.05) is 0 Å². The van der Waals surface area contributed by atoms with E-state index in [2.05, 4.69) is 0 Å². The number of nitrogens with zero attached hydrogens (tertiary/aromatic N) is 1. The highest BCUT2D eigenvalue weighted by atomic mass is 16.5. The lowest BCUT2D eigenvalue weighted by atomic mass is 10.1. The van der Waals surface area contributed by atoms with Crippen molar-refractivity contribution in [3.8, 4) is 11.5 Å². The van der Waals surface area contributed by atoms with Crippen LogP contribution in [0.25, 0.3) is 0 Å². The van der Waals surface area contributed by atoms with Crippen molar-refractivity contribution in [2.45, 2.75) is 25.8 Å². The molecule has 5 nitrogen and oxygen atoms in total. The van der Waals surface area contributed by atoms with Gasteiger partial charge in [0, 0.05) is 25.7 Å². The molecule has 1 aliphatic heterocycles. The molecule has 20 heavy (non-hydrogen) atoms. The number of hydrogen-bond donors (Lipinski definition) is 1. The summed E-state index contributed by atoms with van der Waals surface area (Å²) in [5, 5.41) is 0. The molecule has 0 spiro atoms. The van der Waals surface area contributed by atoms with Gasteiger partial charge in [0.1, 0.15) is 11.5 Å². The van der Waals surface area contributed by atoms with Crippen LogP contribution in [0.15, 0.2) is 18.2 Å². The molecule has 2 rings (SSSR count). The van der Waals surface area contributed by atoms with Crippen LogP contribution in [0.1, 0.15) is 24.8 Å². The lowest BCUT2D eigenvalue weighted by molar-refractivity contribution is -0.134. The number of piperidine rings is 1. The molecule has 5 heteroatoms. The molecule has 0 radical (unpaired) electrons. The van der Waals surface area contributed by atoms with Crippen molar-refractivity contribution in [1.82, 2.24) is 4.90 Å². The third-order valence-electron chi connectivity index (χ3n) is 3.48. The second-order valence-electron chi connectivity index (χ2n) is 4.95. The topological polar surface area (TPSA) is 64.8 Å². The number of rotatable bonds is 5. The van der Waals surface area contributed by atoms with Crippen molar-refractivity contribution in [2.24, 2.45) is 5.73 Å². The quantitative estimate of drug-likeness (QED) is 0.887. The number of carbonyl (C=O) groups is 1. The number of benzene rings is 1. The molecule has 1 saturated heterocycles. The molecule has 0 saturated carbocycles. The maximum atomic E-state index is 12.0. The Morgan fingerprint density at radius 3 is 2.55 bits per heavy atom. The highest BCUT2D eigenvalue weighted by Gasteiger charge is 2.16. The molecule has 0 aliphatic carbocycles. The molecular formula is C15H22N2O3. The summed E-state index contributed by atoms with van der Waals surface area (Å²) in [6, 6.07) is 5.47. The van der Waals surface area contributed by atoms with Gasteiger partial charge in [-0.15, -0.1) is 0 Å². The van der Waals surface area contributed by atoms with Crippen LogP contribution in [0.4, 0.5) is 0 Å². The fraction of sp³-hybridized carbons (Fsp3) is 0.533. The Balaban J connectivity index is 1.94. The van der Waals surface area contributed by atoms with Crippen LogP contribution in [0.2, 0.25) is 0 Å². The average Bonchev–Trinajstić information content (AvgIpc) is 2.53. The Bertz CT molecular complexity index is 434. The van der Waals surface area contributed by atoms with Crippen molar-refractivity contribution >= 4 is 5.91 Å². The van der Waals surface area contributed by atoms with E-state index in [4.69, 9.17) is 15.2 Å². The predicted molar refractivity (Wildman–Crippen MR) is 76.8 cm³/mol. The van der Waals surface area contributed by atoms with Gasteiger partial charge in [-0.05, 0) is 37.0 Å². The number of amides is 1. The van der Waals surface area contributed by atoms with Crippen molar-refractivity contribution in [1.29, 1.82) is 0 Å². The molecule has 0 unspecified atom stereocenters. The van der Waals surface area contributed by atoms with Gasteiger partial charge in [0.2, 0.25) is 0 Å². The number of methoxy groups -OCH3 is 1. The Labute approximate surface area is 119 Å². The lowest BCUT2D eigenvalue weighted by Gasteiger charge is -2.26. The van der Waals surface area contributed by atoms with Gasteiger partial charge in [-0.2, -0.15) is 0 Å². The Morgan fingerprint density at radius 1 is 1.20 bits per heavy atom. The largest absolute Gasteiger partial charge is 0.497 e. The first-order valence-electron chi connectivity index (χ1n) is 7.01. The van der Waals surface area contributed by atoms with Crippen LogP contribution in [0, 0.1) is 0 Å². The Morgan fingerprint density at radius 2 is 1.90 bits per heavy atom. The van der Waals surface area contributed by atoms with E-state index in [1.807, 2.05) is 17.0 Å². The van der Waals surface area contributed by atoms with Crippen molar-refractivity contribution in [2.75, 3.05) is 26.8 Å². The number of likely N-dealkylation sites (tertiary alicyclic amines) is 1. The van der Waals surface area contributed by atoms with Crippen LogP contribution in [-0.2, 0) is 11.3 Å². The van der Waals surface area contributed by atoms with Crippen LogP contribution >= 0.6 is 0 Å². The van der Waals surface area contributed by atoms with Gasteiger partial charge in [0.25, 0.3) is 5.91 Å². The summed E-state index contributed by atoms with van der Waals surface area (Å²) in [7, 11) is 1.60. The van der Waals surface area contributed by atoms with Gasteiger partial charge in [-0.25, -0.2) is 0 Å². The molecule has 2 N–H and O–H groups in total. The third-order valence-corrected chi connectivity index (χ3v) is 3.48. The predicted octanol–water partition coefficient (Wildman–Crippen LogP) is 1.55.